The zero-order valence-corrected chi connectivity index (χ0v) is 10.9. The molecule has 0 bridgehead atoms. The van der Waals surface area contributed by atoms with Gasteiger partial charge in [0, 0.05) is 22.7 Å². The van der Waals surface area contributed by atoms with Gasteiger partial charge in [0.05, 0.1) is 11.9 Å². The lowest BCUT2D eigenvalue weighted by atomic mass is 10.1. The molecule has 19 heavy (non-hydrogen) atoms. The highest BCUT2D eigenvalue weighted by molar-refractivity contribution is 7.09. The summed E-state index contributed by atoms with van der Waals surface area (Å²) < 4.78 is 0. The Morgan fingerprint density at radius 1 is 1.32 bits per heavy atom. The van der Waals surface area contributed by atoms with Gasteiger partial charge < -0.3 is 5.73 Å². The molecule has 2 heterocycles. The second-order valence-electron chi connectivity index (χ2n) is 4.14. The quantitative estimate of drug-likeness (QED) is 0.742. The minimum atomic E-state index is -0.0626. The number of benzene rings is 1. The number of carbonyl (C=O) groups excluding carboxylic acids is 1. The van der Waals surface area contributed by atoms with Crippen LogP contribution in [0.3, 0.4) is 0 Å². The predicted octanol–water partition coefficient (Wildman–Crippen LogP) is 2.70. The second-order valence-corrected chi connectivity index (χ2v) is 5.12. The van der Waals surface area contributed by atoms with Crippen LogP contribution in [0.5, 0.6) is 0 Å². The third-order valence-corrected chi connectivity index (χ3v) is 3.61. The lowest BCUT2D eigenvalue weighted by Crippen LogP contribution is -2.07. The SMILES string of the molecule is Nc1cc(C(=O)Cc2nccs2)nc2ccccc12. The van der Waals surface area contributed by atoms with Crippen molar-refractivity contribution in [1.29, 1.82) is 0 Å². The third-order valence-electron chi connectivity index (χ3n) is 2.83. The predicted molar refractivity (Wildman–Crippen MR) is 76.3 cm³/mol. The van der Waals surface area contributed by atoms with Crippen molar-refractivity contribution in [3.05, 3.63) is 52.6 Å². The zero-order chi connectivity index (χ0) is 13.2. The Kier molecular flexibility index (Phi) is 2.97. The second kappa shape index (κ2) is 4.78. The fraction of sp³-hybridized carbons (Fsp3) is 0.0714. The van der Waals surface area contributed by atoms with Gasteiger partial charge in [0.2, 0.25) is 0 Å². The average molecular weight is 269 g/mol. The van der Waals surface area contributed by atoms with Crippen LogP contribution >= 0.6 is 11.3 Å². The van der Waals surface area contributed by atoms with Crippen molar-refractivity contribution < 1.29 is 4.79 Å². The van der Waals surface area contributed by atoms with E-state index < -0.39 is 0 Å². The molecule has 0 saturated heterocycles. The molecule has 5 heteroatoms. The number of pyridine rings is 1. The van der Waals surface area contributed by atoms with Gasteiger partial charge in [-0.3, -0.25) is 4.79 Å². The monoisotopic (exact) mass is 269 g/mol. The number of hydrogen-bond acceptors (Lipinski definition) is 5. The maximum atomic E-state index is 12.2. The first kappa shape index (κ1) is 11.8. The molecule has 0 unspecified atom stereocenters. The van der Waals surface area contributed by atoms with Crippen LogP contribution in [0.1, 0.15) is 15.5 Å². The van der Waals surface area contributed by atoms with Crippen LogP contribution in [-0.4, -0.2) is 15.8 Å². The number of fused-ring (bicyclic) bond motifs is 1. The summed E-state index contributed by atoms with van der Waals surface area (Å²) in [6.07, 6.45) is 1.96. The van der Waals surface area contributed by atoms with Gasteiger partial charge in [-0.15, -0.1) is 11.3 Å². The van der Waals surface area contributed by atoms with E-state index in [0.717, 1.165) is 15.9 Å². The molecule has 0 aliphatic rings. The lowest BCUT2D eigenvalue weighted by molar-refractivity contribution is 0.0988. The topological polar surface area (TPSA) is 68.9 Å². The van der Waals surface area contributed by atoms with Crippen molar-refractivity contribution in [2.24, 2.45) is 0 Å². The van der Waals surface area contributed by atoms with Crippen LogP contribution in [-0.2, 0) is 6.42 Å². The van der Waals surface area contributed by atoms with Crippen molar-refractivity contribution in [3.8, 4) is 0 Å². The van der Waals surface area contributed by atoms with E-state index in [1.807, 2.05) is 29.6 Å². The number of rotatable bonds is 3. The summed E-state index contributed by atoms with van der Waals surface area (Å²) in [7, 11) is 0. The fourth-order valence-electron chi connectivity index (χ4n) is 1.91. The van der Waals surface area contributed by atoms with E-state index in [1.165, 1.54) is 11.3 Å². The van der Waals surface area contributed by atoms with Gasteiger partial charge in [-0.2, -0.15) is 0 Å². The molecule has 0 radical (unpaired) electrons. The summed E-state index contributed by atoms with van der Waals surface area (Å²) in [6.45, 7) is 0. The Hall–Kier alpha value is -2.27. The van der Waals surface area contributed by atoms with Gasteiger partial charge in [-0.05, 0) is 12.1 Å². The normalized spacial score (nSPS) is 10.7. The fourth-order valence-corrected chi connectivity index (χ4v) is 2.53. The van der Waals surface area contributed by atoms with E-state index in [0.29, 0.717) is 11.4 Å². The molecule has 4 nitrogen and oxygen atoms in total. The highest BCUT2D eigenvalue weighted by atomic mass is 32.1. The molecule has 0 spiro atoms. The third kappa shape index (κ3) is 2.32. The first-order chi connectivity index (χ1) is 9.24. The molecule has 0 atom stereocenters. The van der Waals surface area contributed by atoms with Gasteiger partial charge in [-0.25, -0.2) is 9.97 Å². The standard InChI is InChI=1S/C14H11N3OS/c15-10-7-12(13(18)8-14-16-5-6-19-14)17-11-4-2-1-3-9(10)11/h1-7H,8H2,(H2,15,17). The van der Waals surface area contributed by atoms with E-state index in [2.05, 4.69) is 9.97 Å². The van der Waals surface area contributed by atoms with Crippen LogP contribution in [0.15, 0.2) is 41.9 Å². The Morgan fingerprint density at radius 2 is 2.16 bits per heavy atom. The van der Waals surface area contributed by atoms with E-state index in [4.69, 9.17) is 5.73 Å². The maximum Gasteiger partial charge on any atom is 0.188 e. The number of aromatic nitrogens is 2. The molecule has 0 aliphatic heterocycles. The molecule has 2 N–H and O–H groups in total. The highest BCUT2D eigenvalue weighted by Gasteiger charge is 2.12. The lowest BCUT2D eigenvalue weighted by Gasteiger charge is -2.04. The number of thiazole rings is 1. The van der Waals surface area contributed by atoms with E-state index in [-0.39, 0.29) is 12.2 Å². The largest absolute Gasteiger partial charge is 0.398 e. The number of nitrogens with zero attached hydrogens (tertiary/aromatic N) is 2. The molecular weight excluding hydrogens is 258 g/mol. The molecular formula is C14H11N3OS. The van der Waals surface area contributed by atoms with Gasteiger partial charge >= 0.3 is 0 Å². The van der Waals surface area contributed by atoms with Gasteiger partial charge in [0.15, 0.2) is 5.78 Å². The molecule has 0 amide bonds. The average Bonchev–Trinajstić information content (AvgIpc) is 2.91. The molecule has 0 aliphatic carbocycles. The number of nitrogen functional groups attached to an aromatic ring is 1. The minimum absolute atomic E-state index is 0.0626. The van der Waals surface area contributed by atoms with E-state index >= 15 is 0 Å². The summed E-state index contributed by atoms with van der Waals surface area (Å²) in [5.74, 6) is -0.0626. The molecule has 94 valence electrons. The van der Waals surface area contributed by atoms with Crippen LogP contribution in [0.4, 0.5) is 5.69 Å². The maximum absolute atomic E-state index is 12.2. The van der Waals surface area contributed by atoms with Crippen molar-refractivity contribution in [2.45, 2.75) is 6.42 Å². The first-order valence-corrected chi connectivity index (χ1v) is 6.69. The van der Waals surface area contributed by atoms with Crippen LogP contribution in [0.25, 0.3) is 10.9 Å². The van der Waals surface area contributed by atoms with Crippen molar-refractivity contribution >= 4 is 33.7 Å². The number of anilines is 1. The molecule has 0 saturated carbocycles. The van der Waals surface area contributed by atoms with Crippen molar-refractivity contribution in [1.82, 2.24) is 9.97 Å². The summed E-state index contributed by atoms with van der Waals surface area (Å²) in [5.41, 5.74) is 7.68. The summed E-state index contributed by atoms with van der Waals surface area (Å²) in [6, 6.07) is 9.16. The Morgan fingerprint density at radius 3 is 2.95 bits per heavy atom. The summed E-state index contributed by atoms with van der Waals surface area (Å²) in [4.78, 5) is 20.6. The summed E-state index contributed by atoms with van der Waals surface area (Å²) >= 11 is 1.46. The number of hydrogen-bond donors (Lipinski definition) is 1. The van der Waals surface area contributed by atoms with E-state index in [9.17, 15) is 4.79 Å². The number of nitrogens with two attached hydrogens (primary N) is 1. The first-order valence-electron chi connectivity index (χ1n) is 5.81. The van der Waals surface area contributed by atoms with Gasteiger partial charge in [-0.1, -0.05) is 18.2 Å². The molecule has 3 rings (SSSR count). The van der Waals surface area contributed by atoms with Crippen molar-refractivity contribution in [2.75, 3.05) is 5.73 Å². The minimum Gasteiger partial charge on any atom is -0.398 e. The van der Waals surface area contributed by atoms with Crippen LogP contribution in [0.2, 0.25) is 0 Å². The molecule has 0 fully saturated rings. The summed E-state index contributed by atoms with van der Waals surface area (Å²) in [5, 5.41) is 3.51. The molecule has 1 aromatic carbocycles. The number of para-hydroxylation sites is 1. The van der Waals surface area contributed by atoms with Crippen molar-refractivity contribution in [3.63, 3.8) is 0 Å². The number of ketones is 1. The van der Waals surface area contributed by atoms with Crippen LogP contribution in [0, 0.1) is 0 Å². The number of carbonyl (C=O) groups is 1. The smallest absolute Gasteiger partial charge is 0.188 e. The molecule has 2 aromatic heterocycles. The Labute approximate surface area is 113 Å². The highest BCUT2D eigenvalue weighted by Crippen LogP contribution is 2.21. The van der Waals surface area contributed by atoms with Gasteiger partial charge in [0.25, 0.3) is 0 Å². The van der Waals surface area contributed by atoms with E-state index in [1.54, 1.807) is 12.3 Å². The number of Topliss-reactive ketones (excluding diaryl/α,β-unsaturated/α-hetero) is 1. The zero-order valence-electron chi connectivity index (χ0n) is 10.0. The van der Waals surface area contributed by atoms with Crippen LogP contribution < -0.4 is 5.73 Å². The molecule has 3 aromatic rings. The Bertz CT molecular complexity index is 738. The van der Waals surface area contributed by atoms with Gasteiger partial charge in [0.1, 0.15) is 10.7 Å². The Balaban J connectivity index is 1.98.